The Kier molecular flexibility index (Phi) is 9.43. The zero-order chi connectivity index (χ0) is 25.7. The molecule has 4 rings (SSSR count). The van der Waals surface area contributed by atoms with E-state index in [2.05, 4.69) is 29.9 Å². The number of anilines is 1. The van der Waals surface area contributed by atoms with E-state index in [1.54, 1.807) is 11.8 Å². The highest BCUT2D eigenvalue weighted by Crippen LogP contribution is 2.28. The summed E-state index contributed by atoms with van der Waals surface area (Å²) >= 11 is 1.72. The van der Waals surface area contributed by atoms with Gasteiger partial charge in [0.05, 0.1) is 23.6 Å². The van der Waals surface area contributed by atoms with Crippen molar-refractivity contribution < 1.29 is 23.0 Å². The number of ether oxygens (including phenoxy) is 3. The van der Waals surface area contributed by atoms with E-state index < -0.39 is 25.3 Å². The lowest BCUT2D eigenvalue weighted by Gasteiger charge is -2.22. The molecule has 2 fully saturated rings. The summed E-state index contributed by atoms with van der Waals surface area (Å²) in [4.78, 5) is 18.1. The van der Waals surface area contributed by atoms with Crippen molar-refractivity contribution in [2.24, 2.45) is 5.92 Å². The third-order valence-corrected chi connectivity index (χ3v) is 9.72. The van der Waals surface area contributed by atoms with E-state index in [1.165, 1.54) is 10.6 Å². The third kappa shape index (κ3) is 7.06. The van der Waals surface area contributed by atoms with Gasteiger partial charge in [0.2, 0.25) is 0 Å². The maximum Gasteiger partial charge on any atom is 0.266 e. The Hall–Kier alpha value is -1.53. The Balaban J connectivity index is 1.62. The fourth-order valence-electron chi connectivity index (χ4n) is 4.30. The molecule has 3 heterocycles. The second-order valence-electron chi connectivity index (χ2n) is 10.8. The van der Waals surface area contributed by atoms with Crippen LogP contribution in [0.5, 0.6) is 0 Å². The zero-order valence-corrected chi connectivity index (χ0v) is 23.2. The minimum Gasteiger partial charge on any atom is -0.382 e. The van der Waals surface area contributed by atoms with E-state index >= 15 is 4.39 Å². The normalized spacial score (nSPS) is 19.3. The van der Waals surface area contributed by atoms with Gasteiger partial charge in [0.1, 0.15) is 17.9 Å². The lowest BCUT2D eigenvalue weighted by atomic mass is 10.1. The molecule has 1 unspecified atom stereocenters. The maximum absolute atomic E-state index is 15.2. The van der Waals surface area contributed by atoms with Gasteiger partial charge in [0.25, 0.3) is 5.56 Å². The van der Waals surface area contributed by atoms with Crippen LogP contribution in [0.1, 0.15) is 25.1 Å². The Morgan fingerprint density at radius 2 is 1.92 bits per heavy atom. The smallest absolute Gasteiger partial charge is 0.266 e. The number of fused-ring (bicyclic) bond motifs is 1. The molecule has 36 heavy (non-hydrogen) atoms. The number of halogens is 2. The number of benzene rings is 1. The lowest BCUT2D eigenvalue weighted by Crippen LogP contribution is -2.29. The number of hydrogen-bond donors (Lipinski definition) is 1. The molecule has 2 aromatic rings. The van der Waals surface area contributed by atoms with Gasteiger partial charge < -0.3 is 19.5 Å². The van der Waals surface area contributed by atoms with Gasteiger partial charge in [-0.3, -0.25) is 9.36 Å². The van der Waals surface area contributed by atoms with Crippen molar-refractivity contribution in [3.8, 4) is 0 Å². The highest BCUT2D eigenvalue weighted by molar-refractivity contribution is 7.99. The highest BCUT2D eigenvalue weighted by Gasteiger charge is 2.23. The number of nitrogens with zero attached hydrogens (tertiary/aromatic N) is 2. The Morgan fingerprint density at radius 1 is 1.17 bits per heavy atom. The van der Waals surface area contributed by atoms with E-state index in [0.29, 0.717) is 43.2 Å². The van der Waals surface area contributed by atoms with Gasteiger partial charge in [-0.15, -0.1) is 0 Å². The standard InChI is InChI=1S/C25H37F2N3O4SSi/c1-36(2,3)11-10-34-16-30-21(15-35-18-5-8-32-9-6-18)29-19-12-20(28-13-17-4-7-33-14-17)23(26)24(27)22(19)25(30)31/h12,17-18,28H,4-11,13-16H2,1-3H3. The van der Waals surface area contributed by atoms with Crippen molar-refractivity contribution in [3.05, 3.63) is 33.9 Å². The van der Waals surface area contributed by atoms with Crippen LogP contribution in [0.2, 0.25) is 25.7 Å². The Morgan fingerprint density at radius 3 is 2.61 bits per heavy atom. The second kappa shape index (κ2) is 12.3. The van der Waals surface area contributed by atoms with Crippen molar-refractivity contribution in [2.75, 3.05) is 44.9 Å². The van der Waals surface area contributed by atoms with Crippen LogP contribution in [0.15, 0.2) is 10.9 Å². The molecule has 11 heteroatoms. The quantitative estimate of drug-likeness (QED) is 0.322. The number of aromatic nitrogens is 2. The second-order valence-corrected chi connectivity index (χ2v) is 17.7. The number of nitrogens with one attached hydrogen (secondary N) is 1. The van der Waals surface area contributed by atoms with Crippen molar-refractivity contribution >= 4 is 36.4 Å². The summed E-state index contributed by atoms with van der Waals surface area (Å²) in [6, 6.07) is 2.39. The molecule has 0 radical (unpaired) electrons. The van der Waals surface area contributed by atoms with Crippen LogP contribution in [0.4, 0.5) is 14.5 Å². The van der Waals surface area contributed by atoms with Crippen molar-refractivity contribution in [2.45, 2.75) is 62.7 Å². The first-order chi connectivity index (χ1) is 17.2. The van der Waals surface area contributed by atoms with E-state index in [0.717, 1.165) is 38.5 Å². The highest BCUT2D eigenvalue weighted by atomic mass is 32.2. The maximum atomic E-state index is 15.2. The molecule has 200 valence electrons. The van der Waals surface area contributed by atoms with Crippen LogP contribution in [-0.4, -0.2) is 62.5 Å². The molecular weight excluding hydrogens is 504 g/mol. The SMILES string of the molecule is C[Si](C)(C)CCOCn1c(CSC2CCOCC2)nc2cc(NCC3CCOC3)c(F)c(F)c2c1=O. The first-order valence-electron chi connectivity index (χ1n) is 12.7. The van der Waals surface area contributed by atoms with E-state index in [-0.39, 0.29) is 29.2 Å². The minimum atomic E-state index is -1.31. The topological polar surface area (TPSA) is 74.6 Å². The molecule has 2 aliphatic heterocycles. The fourth-order valence-corrected chi connectivity index (χ4v) is 6.18. The molecule has 1 N–H and O–H groups in total. The average Bonchev–Trinajstić information content (AvgIpc) is 3.36. The Bertz CT molecular complexity index is 1100. The van der Waals surface area contributed by atoms with Gasteiger partial charge in [-0.1, -0.05) is 19.6 Å². The predicted molar refractivity (Wildman–Crippen MR) is 143 cm³/mol. The van der Waals surface area contributed by atoms with Crippen LogP contribution in [0.25, 0.3) is 10.9 Å². The molecule has 0 spiro atoms. The van der Waals surface area contributed by atoms with Gasteiger partial charge in [0.15, 0.2) is 11.6 Å². The lowest BCUT2D eigenvalue weighted by molar-refractivity contribution is 0.0826. The molecule has 7 nitrogen and oxygen atoms in total. The summed E-state index contributed by atoms with van der Waals surface area (Å²) in [5.74, 6) is -0.999. The van der Waals surface area contributed by atoms with Crippen LogP contribution in [0, 0.1) is 17.6 Å². The Labute approximate surface area is 216 Å². The van der Waals surface area contributed by atoms with Gasteiger partial charge in [-0.2, -0.15) is 11.8 Å². The number of hydrogen-bond acceptors (Lipinski definition) is 7. The van der Waals surface area contributed by atoms with Crippen molar-refractivity contribution in [1.29, 1.82) is 0 Å². The summed E-state index contributed by atoms with van der Waals surface area (Å²) < 4.78 is 48.2. The summed E-state index contributed by atoms with van der Waals surface area (Å²) in [6.07, 6.45) is 2.75. The summed E-state index contributed by atoms with van der Waals surface area (Å²) in [7, 11) is -1.31. The molecule has 0 bridgehead atoms. The van der Waals surface area contributed by atoms with Crippen LogP contribution < -0.4 is 10.9 Å². The largest absolute Gasteiger partial charge is 0.382 e. The predicted octanol–water partition coefficient (Wildman–Crippen LogP) is 4.85. The molecule has 1 atom stereocenters. The number of thioether (sulfide) groups is 1. The molecule has 1 aromatic carbocycles. The summed E-state index contributed by atoms with van der Waals surface area (Å²) in [6.45, 7) is 10.4. The first kappa shape index (κ1) is 27.5. The summed E-state index contributed by atoms with van der Waals surface area (Å²) in [5, 5.41) is 3.07. The first-order valence-corrected chi connectivity index (χ1v) is 17.5. The van der Waals surface area contributed by atoms with Crippen molar-refractivity contribution in [1.82, 2.24) is 9.55 Å². The molecule has 2 aliphatic rings. The summed E-state index contributed by atoms with van der Waals surface area (Å²) in [5.41, 5.74) is -0.432. The molecular formula is C25H37F2N3O4SSi. The average molecular weight is 542 g/mol. The van der Waals surface area contributed by atoms with Crippen LogP contribution in [0.3, 0.4) is 0 Å². The van der Waals surface area contributed by atoms with Gasteiger partial charge in [0, 0.05) is 52.2 Å². The molecule has 0 aliphatic carbocycles. The molecule has 1 aromatic heterocycles. The molecule has 0 saturated carbocycles. The molecule has 0 amide bonds. The monoisotopic (exact) mass is 541 g/mol. The van der Waals surface area contributed by atoms with Gasteiger partial charge >= 0.3 is 0 Å². The van der Waals surface area contributed by atoms with Gasteiger partial charge in [-0.05, 0) is 31.4 Å². The van der Waals surface area contributed by atoms with Crippen molar-refractivity contribution in [3.63, 3.8) is 0 Å². The van der Waals surface area contributed by atoms with Gasteiger partial charge in [-0.25, -0.2) is 13.8 Å². The van der Waals surface area contributed by atoms with E-state index in [4.69, 9.17) is 14.2 Å². The molecule has 2 saturated heterocycles. The fraction of sp³-hybridized carbons (Fsp3) is 0.680. The zero-order valence-electron chi connectivity index (χ0n) is 21.4. The number of rotatable bonds is 11. The van der Waals surface area contributed by atoms with E-state index in [1.807, 2.05) is 0 Å². The van der Waals surface area contributed by atoms with Crippen LogP contribution in [-0.2, 0) is 26.7 Å². The minimum absolute atomic E-state index is 0.0194. The third-order valence-electron chi connectivity index (χ3n) is 6.64. The van der Waals surface area contributed by atoms with E-state index in [9.17, 15) is 9.18 Å². The van der Waals surface area contributed by atoms with Crippen LogP contribution >= 0.6 is 11.8 Å².